The predicted octanol–water partition coefficient (Wildman–Crippen LogP) is 5.00. The van der Waals surface area contributed by atoms with Crippen LogP contribution >= 0.6 is 23.7 Å². The second-order valence-corrected chi connectivity index (χ2v) is 8.42. The van der Waals surface area contributed by atoms with Crippen molar-refractivity contribution in [2.45, 2.75) is 26.7 Å². The van der Waals surface area contributed by atoms with E-state index in [1.165, 1.54) is 34.6 Å². The fourth-order valence-corrected chi connectivity index (χ4v) is 4.09. The van der Waals surface area contributed by atoms with E-state index >= 15 is 0 Å². The minimum atomic E-state index is -0.289. The van der Waals surface area contributed by atoms with E-state index in [9.17, 15) is 9.18 Å². The third-order valence-electron chi connectivity index (χ3n) is 4.78. The highest BCUT2D eigenvalue weighted by molar-refractivity contribution is 7.22. The summed E-state index contributed by atoms with van der Waals surface area (Å²) in [5.41, 5.74) is 4.11. The largest absolute Gasteiger partial charge is 0.309 e. The van der Waals surface area contributed by atoms with E-state index in [-0.39, 0.29) is 24.1 Å². The average molecular weight is 436 g/mol. The summed E-state index contributed by atoms with van der Waals surface area (Å²) in [5.74, 6) is -0.273. The molecule has 3 rings (SSSR count). The Balaban J connectivity index is 0.00000300. The number of halogens is 2. The van der Waals surface area contributed by atoms with Gasteiger partial charge in [-0.3, -0.25) is 9.69 Å². The molecule has 0 saturated heterocycles. The highest BCUT2D eigenvalue weighted by Crippen LogP contribution is 2.30. The molecule has 0 aliphatic heterocycles. The zero-order chi connectivity index (χ0) is 20.3. The molecule has 2 aromatic carbocycles. The van der Waals surface area contributed by atoms with Crippen LogP contribution in [-0.4, -0.2) is 43.0 Å². The minimum absolute atomic E-state index is 0. The molecular formula is C22H27ClFN3OS. The molecule has 4 nitrogen and oxygen atoms in total. The highest BCUT2D eigenvalue weighted by Gasteiger charge is 2.20. The molecule has 1 aromatic heterocycles. The maximum absolute atomic E-state index is 13.5. The number of hydrogen-bond donors (Lipinski definition) is 0. The Morgan fingerprint density at radius 3 is 2.52 bits per heavy atom. The molecule has 156 valence electrons. The van der Waals surface area contributed by atoms with Crippen molar-refractivity contribution >= 4 is 45.0 Å². The van der Waals surface area contributed by atoms with Crippen LogP contribution in [0.3, 0.4) is 0 Å². The molecular weight excluding hydrogens is 409 g/mol. The van der Waals surface area contributed by atoms with Crippen molar-refractivity contribution in [2.24, 2.45) is 0 Å². The van der Waals surface area contributed by atoms with Crippen LogP contribution in [0.15, 0.2) is 36.4 Å². The summed E-state index contributed by atoms with van der Waals surface area (Å²) in [6, 6.07) is 10.7. The van der Waals surface area contributed by atoms with Crippen molar-refractivity contribution < 1.29 is 9.18 Å². The minimum Gasteiger partial charge on any atom is -0.309 e. The van der Waals surface area contributed by atoms with Crippen LogP contribution in [0.4, 0.5) is 9.52 Å². The van der Waals surface area contributed by atoms with Gasteiger partial charge >= 0.3 is 0 Å². The standard InChI is InChI=1S/C22H26FN3OS.ClH/c1-15-6-7-17(12-16(15)2)13-21(27)26(11-5-10-25(3)4)22-24-19-9-8-18(23)14-20(19)28-22;/h6-9,12,14H,5,10-11,13H2,1-4H3;1H. The predicted molar refractivity (Wildman–Crippen MR) is 122 cm³/mol. The molecule has 7 heteroatoms. The molecule has 29 heavy (non-hydrogen) atoms. The van der Waals surface area contributed by atoms with E-state index in [2.05, 4.69) is 35.9 Å². The summed E-state index contributed by atoms with van der Waals surface area (Å²) < 4.78 is 14.3. The summed E-state index contributed by atoms with van der Waals surface area (Å²) in [4.78, 5) is 21.6. The summed E-state index contributed by atoms with van der Waals surface area (Å²) in [5, 5.41) is 0.633. The molecule has 1 amide bonds. The van der Waals surface area contributed by atoms with Crippen LogP contribution in [0.25, 0.3) is 10.2 Å². The molecule has 0 radical (unpaired) electrons. The molecule has 0 spiro atoms. The molecule has 0 unspecified atom stereocenters. The SMILES string of the molecule is Cc1ccc(CC(=O)N(CCCN(C)C)c2nc3ccc(F)cc3s2)cc1C.Cl. The molecule has 1 heterocycles. The monoisotopic (exact) mass is 435 g/mol. The Morgan fingerprint density at radius 2 is 1.83 bits per heavy atom. The van der Waals surface area contributed by atoms with Gasteiger partial charge in [-0.25, -0.2) is 9.37 Å². The number of carbonyl (C=O) groups excluding carboxylic acids is 1. The van der Waals surface area contributed by atoms with Gasteiger partial charge in [-0.05, 0) is 75.8 Å². The summed E-state index contributed by atoms with van der Waals surface area (Å²) in [7, 11) is 4.03. The summed E-state index contributed by atoms with van der Waals surface area (Å²) in [6.07, 6.45) is 1.17. The lowest BCUT2D eigenvalue weighted by Gasteiger charge is -2.21. The van der Waals surface area contributed by atoms with E-state index in [0.29, 0.717) is 18.1 Å². The Morgan fingerprint density at radius 1 is 1.07 bits per heavy atom. The van der Waals surface area contributed by atoms with Crippen LogP contribution in [-0.2, 0) is 11.2 Å². The number of anilines is 1. The number of amides is 1. The molecule has 0 saturated carbocycles. The Kier molecular flexibility index (Phi) is 8.14. The number of fused-ring (bicyclic) bond motifs is 1. The third kappa shape index (κ3) is 5.98. The second-order valence-electron chi connectivity index (χ2n) is 7.41. The lowest BCUT2D eigenvalue weighted by Crippen LogP contribution is -2.34. The van der Waals surface area contributed by atoms with Crippen LogP contribution in [0.2, 0.25) is 0 Å². The maximum Gasteiger partial charge on any atom is 0.233 e. The van der Waals surface area contributed by atoms with E-state index < -0.39 is 0 Å². The van der Waals surface area contributed by atoms with Gasteiger partial charge in [0.05, 0.1) is 16.6 Å². The zero-order valence-corrected chi connectivity index (χ0v) is 18.9. The van der Waals surface area contributed by atoms with E-state index in [1.807, 2.05) is 20.2 Å². The third-order valence-corrected chi connectivity index (χ3v) is 5.83. The number of rotatable bonds is 7. The van der Waals surface area contributed by atoms with Gasteiger partial charge in [0, 0.05) is 6.54 Å². The quantitative estimate of drug-likeness (QED) is 0.524. The van der Waals surface area contributed by atoms with Gasteiger partial charge < -0.3 is 4.90 Å². The molecule has 0 fully saturated rings. The first-order chi connectivity index (χ1) is 13.3. The number of thiazole rings is 1. The van der Waals surface area contributed by atoms with Crippen LogP contribution in [0.5, 0.6) is 0 Å². The lowest BCUT2D eigenvalue weighted by atomic mass is 10.0. The fraction of sp³-hybridized carbons (Fsp3) is 0.364. The highest BCUT2D eigenvalue weighted by atomic mass is 35.5. The first-order valence-corrected chi connectivity index (χ1v) is 10.2. The number of hydrogen-bond acceptors (Lipinski definition) is 4. The van der Waals surface area contributed by atoms with Gasteiger partial charge in [0.25, 0.3) is 0 Å². The topological polar surface area (TPSA) is 36.4 Å². The van der Waals surface area contributed by atoms with Gasteiger partial charge in [0.2, 0.25) is 5.91 Å². The lowest BCUT2D eigenvalue weighted by molar-refractivity contribution is -0.118. The van der Waals surface area contributed by atoms with Gasteiger partial charge in [0.1, 0.15) is 5.82 Å². The van der Waals surface area contributed by atoms with Gasteiger partial charge in [-0.15, -0.1) is 12.4 Å². The van der Waals surface area contributed by atoms with Crippen LogP contribution in [0, 0.1) is 19.7 Å². The van der Waals surface area contributed by atoms with Crippen molar-refractivity contribution in [2.75, 3.05) is 32.1 Å². The van der Waals surface area contributed by atoms with E-state index in [0.717, 1.165) is 28.7 Å². The van der Waals surface area contributed by atoms with Crippen molar-refractivity contribution in [1.82, 2.24) is 9.88 Å². The normalized spacial score (nSPS) is 11.0. The van der Waals surface area contributed by atoms with Crippen LogP contribution < -0.4 is 4.90 Å². The Hall–Kier alpha value is -2.02. The van der Waals surface area contributed by atoms with Crippen molar-refractivity contribution in [3.05, 3.63) is 58.9 Å². The zero-order valence-electron chi connectivity index (χ0n) is 17.2. The van der Waals surface area contributed by atoms with E-state index in [1.54, 1.807) is 11.0 Å². The van der Waals surface area contributed by atoms with Crippen molar-refractivity contribution in [3.8, 4) is 0 Å². The summed E-state index contributed by atoms with van der Waals surface area (Å²) >= 11 is 1.36. The fourth-order valence-electron chi connectivity index (χ4n) is 3.06. The first kappa shape index (κ1) is 23.3. The van der Waals surface area contributed by atoms with Crippen molar-refractivity contribution in [1.29, 1.82) is 0 Å². The number of nitrogens with zero attached hydrogens (tertiary/aromatic N) is 3. The molecule has 3 aromatic rings. The van der Waals surface area contributed by atoms with Gasteiger partial charge in [0.15, 0.2) is 5.13 Å². The number of benzene rings is 2. The molecule has 0 bridgehead atoms. The Labute approximate surface area is 181 Å². The smallest absolute Gasteiger partial charge is 0.233 e. The van der Waals surface area contributed by atoms with Crippen LogP contribution in [0.1, 0.15) is 23.1 Å². The van der Waals surface area contributed by atoms with Gasteiger partial charge in [-0.2, -0.15) is 0 Å². The van der Waals surface area contributed by atoms with Gasteiger partial charge in [-0.1, -0.05) is 29.5 Å². The first-order valence-electron chi connectivity index (χ1n) is 9.41. The number of aryl methyl sites for hydroxylation is 2. The molecule has 0 aliphatic rings. The molecule has 0 aliphatic carbocycles. The maximum atomic E-state index is 13.5. The average Bonchev–Trinajstić information content (AvgIpc) is 3.04. The molecule has 0 atom stereocenters. The Bertz CT molecular complexity index is 989. The second kappa shape index (κ2) is 10.1. The number of carbonyl (C=O) groups is 1. The number of aromatic nitrogens is 1. The summed E-state index contributed by atoms with van der Waals surface area (Å²) in [6.45, 7) is 5.59. The molecule has 0 N–H and O–H groups in total. The van der Waals surface area contributed by atoms with E-state index in [4.69, 9.17) is 0 Å². The van der Waals surface area contributed by atoms with Crippen molar-refractivity contribution in [3.63, 3.8) is 0 Å².